The lowest BCUT2D eigenvalue weighted by Crippen LogP contribution is -2.37. The first kappa shape index (κ1) is 13.2. The molecule has 0 radical (unpaired) electrons. The van der Waals surface area contributed by atoms with Crippen molar-refractivity contribution >= 4 is 5.91 Å². The average Bonchev–Trinajstić information content (AvgIpc) is 2.98. The quantitative estimate of drug-likeness (QED) is 0.825. The van der Waals surface area contributed by atoms with Crippen LogP contribution >= 0.6 is 0 Å². The summed E-state index contributed by atoms with van der Waals surface area (Å²) in [6, 6.07) is 7.54. The Bertz CT molecular complexity index is 520. The summed E-state index contributed by atoms with van der Waals surface area (Å²) in [5.41, 5.74) is 1.56. The minimum atomic E-state index is -0.0718. The molecule has 2 N–H and O–H groups in total. The van der Waals surface area contributed by atoms with Gasteiger partial charge in [-0.2, -0.15) is 0 Å². The number of hydrogen-bond donors (Lipinski definition) is 2. The highest BCUT2D eigenvalue weighted by atomic mass is 16.1. The van der Waals surface area contributed by atoms with E-state index in [1.165, 1.54) is 0 Å². The van der Waals surface area contributed by atoms with Crippen molar-refractivity contribution in [3.8, 4) is 5.69 Å². The molecule has 2 aromatic rings. The molecule has 0 spiro atoms. The second kappa shape index (κ2) is 6.10. The Morgan fingerprint density at radius 1 is 1.26 bits per heavy atom. The molecule has 0 saturated heterocycles. The molecule has 0 saturated carbocycles. The smallest absolute Gasteiger partial charge is 0.251 e. The Hall–Kier alpha value is -2.21. The van der Waals surface area contributed by atoms with Crippen LogP contribution in [0.3, 0.4) is 0 Å². The van der Waals surface area contributed by atoms with E-state index in [0.29, 0.717) is 12.1 Å². The molecule has 0 aliphatic heterocycles. The molecule has 1 aromatic carbocycles. The fourth-order valence-electron chi connectivity index (χ4n) is 1.57. The van der Waals surface area contributed by atoms with Crippen molar-refractivity contribution in [2.24, 2.45) is 0 Å². The standard InChI is InChI=1S/C13H17N5O/c1-10(14-2)7-15-13(19)11-3-5-12(6-4-11)18-8-16-17-9-18/h3-6,8-10,14H,7H2,1-2H3,(H,15,19). The van der Waals surface area contributed by atoms with Gasteiger partial charge in [0.15, 0.2) is 0 Å². The first-order valence-corrected chi connectivity index (χ1v) is 6.11. The maximum absolute atomic E-state index is 11.9. The van der Waals surface area contributed by atoms with Crippen molar-refractivity contribution < 1.29 is 4.79 Å². The lowest BCUT2D eigenvalue weighted by atomic mass is 10.2. The van der Waals surface area contributed by atoms with E-state index in [0.717, 1.165) is 5.69 Å². The lowest BCUT2D eigenvalue weighted by Gasteiger charge is -2.11. The van der Waals surface area contributed by atoms with Gasteiger partial charge < -0.3 is 10.6 Å². The highest BCUT2D eigenvalue weighted by Gasteiger charge is 2.07. The van der Waals surface area contributed by atoms with Gasteiger partial charge in [-0.1, -0.05) is 0 Å². The highest BCUT2D eigenvalue weighted by molar-refractivity contribution is 5.94. The molecular weight excluding hydrogens is 242 g/mol. The zero-order valence-electron chi connectivity index (χ0n) is 11.0. The van der Waals surface area contributed by atoms with Crippen LogP contribution in [-0.2, 0) is 0 Å². The van der Waals surface area contributed by atoms with Crippen LogP contribution in [0.4, 0.5) is 0 Å². The fourth-order valence-corrected chi connectivity index (χ4v) is 1.57. The van der Waals surface area contributed by atoms with Gasteiger partial charge in [0.25, 0.3) is 5.91 Å². The average molecular weight is 259 g/mol. The number of benzene rings is 1. The van der Waals surface area contributed by atoms with Crippen LogP contribution in [0.5, 0.6) is 0 Å². The largest absolute Gasteiger partial charge is 0.350 e. The summed E-state index contributed by atoms with van der Waals surface area (Å²) in [5, 5.41) is 13.4. The third-order valence-corrected chi connectivity index (χ3v) is 2.91. The Balaban J connectivity index is 2.00. The molecule has 100 valence electrons. The van der Waals surface area contributed by atoms with E-state index >= 15 is 0 Å². The van der Waals surface area contributed by atoms with Crippen LogP contribution in [0, 0.1) is 0 Å². The summed E-state index contributed by atoms with van der Waals surface area (Å²) in [6.45, 7) is 2.61. The van der Waals surface area contributed by atoms with Crippen molar-refractivity contribution in [1.82, 2.24) is 25.4 Å². The molecule has 6 nitrogen and oxygen atoms in total. The SMILES string of the molecule is CNC(C)CNC(=O)c1ccc(-n2cnnc2)cc1. The topological polar surface area (TPSA) is 71.8 Å². The predicted molar refractivity (Wildman–Crippen MR) is 72.2 cm³/mol. The van der Waals surface area contributed by atoms with Gasteiger partial charge in [-0.15, -0.1) is 10.2 Å². The Labute approximate surface area is 111 Å². The van der Waals surface area contributed by atoms with Gasteiger partial charge in [-0.25, -0.2) is 0 Å². The van der Waals surface area contributed by atoms with Crippen molar-refractivity contribution in [2.45, 2.75) is 13.0 Å². The molecule has 0 bridgehead atoms. The predicted octanol–water partition coefficient (Wildman–Crippen LogP) is 0.605. The van der Waals surface area contributed by atoms with Crippen LogP contribution < -0.4 is 10.6 Å². The fraction of sp³-hybridized carbons (Fsp3) is 0.308. The molecule has 0 fully saturated rings. The Morgan fingerprint density at radius 2 is 1.89 bits per heavy atom. The molecule has 2 rings (SSSR count). The minimum Gasteiger partial charge on any atom is -0.350 e. The van der Waals surface area contributed by atoms with Crippen molar-refractivity contribution in [2.75, 3.05) is 13.6 Å². The van der Waals surface area contributed by atoms with Gasteiger partial charge in [0.05, 0.1) is 0 Å². The number of carbonyl (C=O) groups excluding carboxylic acids is 1. The van der Waals surface area contributed by atoms with E-state index < -0.39 is 0 Å². The van der Waals surface area contributed by atoms with Gasteiger partial charge >= 0.3 is 0 Å². The van der Waals surface area contributed by atoms with Gasteiger partial charge in [-0.3, -0.25) is 9.36 Å². The number of amides is 1. The molecule has 1 unspecified atom stereocenters. The van der Waals surface area contributed by atoms with Gasteiger partial charge in [0.2, 0.25) is 0 Å². The van der Waals surface area contributed by atoms with E-state index in [4.69, 9.17) is 0 Å². The molecular formula is C13H17N5O. The molecule has 1 amide bonds. The summed E-state index contributed by atoms with van der Waals surface area (Å²) in [6.07, 6.45) is 3.23. The van der Waals surface area contributed by atoms with Crippen molar-refractivity contribution in [1.29, 1.82) is 0 Å². The lowest BCUT2D eigenvalue weighted by molar-refractivity contribution is 0.0950. The summed E-state index contributed by atoms with van der Waals surface area (Å²) >= 11 is 0. The number of rotatable bonds is 5. The molecule has 1 aromatic heterocycles. The molecule has 0 aliphatic carbocycles. The monoisotopic (exact) mass is 259 g/mol. The Morgan fingerprint density at radius 3 is 2.47 bits per heavy atom. The van der Waals surface area contributed by atoms with Crippen LogP contribution in [-0.4, -0.2) is 40.3 Å². The number of aromatic nitrogens is 3. The minimum absolute atomic E-state index is 0.0718. The van der Waals surface area contributed by atoms with Crippen molar-refractivity contribution in [3.05, 3.63) is 42.5 Å². The third kappa shape index (κ3) is 3.38. The molecule has 1 atom stereocenters. The summed E-state index contributed by atoms with van der Waals surface area (Å²) in [4.78, 5) is 11.9. The summed E-state index contributed by atoms with van der Waals surface area (Å²) in [7, 11) is 1.87. The molecule has 1 heterocycles. The zero-order chi connectivity index (χ0) is 13.7. The van der Waals surface area contributed by atoms with E-state index in [-0.39, 0.29) is 11.9 Å². The van der Waals surface area contributed by atoms with E-state index in [9.17, 15) is 4.79 Å². The second-order valence-electron chi connectivity index (χ2n) is 4.32. The number of nitrogens with one attached hydrogen (secondary N) is 2. The molecule has 6 heteroatoms. The van der Waals surface area contributed by atoms with Crippen LogP contribution in [0.25, 0.3) is 5.69 Å². The van der Waals surface area contributed by atoms with Gasteiger partial charge in [-0.05, 0) is 38.2 Å². The van der Waals surface area contributed by atoms with Crippen LogP contribution in [0.1, 0.15) is 17.3 Å². The molecule has 19 heavy (non-hydrogen) atoms. The number of carbonyl (C=O) groups is 1. The van der Waals surface area contributed by atoms with Crippen LogP contribution in [0.2, 0.25) is 0 Å². The number of nitrogens with zero attached hydrogens (tertiary/aromatic N) is 3. The first-order chi connectivity index (χ1) is 9.20. The molecule has 0 aliphatic rings. The highest BCUT2D eigenvalue weighted by Crippen LogP contribution is 2.08. The van der Waals surface area contributed by atoms with Crippen LogP contribution in [0.15, 0.2) is 36.9 Å². The first-order valence-electron chi connectivity index (χ1n) is 6.11. The maximum Gasteiger partial charge on any atom is 0.251 e. The number of hydrogen-bond acceptors (Lipinski definition) is 4. The maximum atomic E-state index is 11.9. The zero-order valence-corrected chi connectivity index (χ0v) is 11.0. The third-order valence-electron chi connectivity index (χ3n) is 2.91. The van der Waals surface area contributed by atoms with Crippen molar-refractivity contribution in [3.63, 3.8) is 0 Å². The Kier molecular flexibility index (Phi) is 4.25. The van der Waals surface area contributed by atoms with E-state index in [2.05, 4.69) is 20.8 Å². The number of likely N-dealkylation sites (N-methyl/N-ethyl adjacent to an activating group) is 1. The second-order valence-corrected chi connectivity index (χ2v) is 4.32. The van der Waals surface area contributed by atoms with Gasteiger partial charge in [0.1, 0.15) is 12.7 Å². The van der Waals surface area contributed by atoms with Gasteiger partial charge in [0, 0.05) is 23.8 Å². The summed E-state index contributed by atoms with van der Waals surface area (Å²) in [5.74, 6) is -0.0718. The normalized spacial score (nSPS) is 12.1. The summed E-state index contributed by atoms with van der Waals surface area (Å²) < 4.78 is 1.78. The van der Waals surface area contributed by atoms with E-state index in [1.807, 2.05) is 26.1 Å². The van der Waals surface area contributed by atoms with E-state index in [1.54, 1.807) is 29.4 Å².